The molecule has 4 nitrogen and oxygen atoms in total. The molecule has 0 aliphatic heterocycles. The van der Waals surface area contributed by atoms with E-state index in [9.17, 15) is 0 Å². The molecule has 2 N–H and O–H groups in total. The van der Waals surface area contributed by atoms with Crippen LogP contribution < -0.4 is 5.73 Å². The Morgan fingerprint density at radius 1 is 1.20 bits per heavy atom. The SMILES string of the molecule is Nc1nc(-c2ccc(Cl)cn2)ncc1Br. The van der Waals surface area contributed by atoms with Crippen molar-refractivity contribution in [3.63, 3.8) is 0 Å². The fourth-order valence-electron chi connectivity index (χ4n) is 1.01. The van der Waals surface area contributed by atoms with E-state index in [1.807, 2.05) is 0 Å². The minimum absolute atomic E-state index is 0.386. The van der Waals surface area contributed by atoms with Crippen LogP contribution in [0.15, 0.2) is 29.0 Å². The van der Waals surface area contributed by atoms with E-state index in [1.165, 1.54) is 0 Å². The molecule has 0 saturated carbocycles. The van der Waals surface area contributed by atoms with E-state index in [4.69, 9.17) is 17.3 Å². The lowest BCUT2D eigenvalue weighted by Crippen LogP contribution is -1.97. The fraction of sp³-hybridized carbons (Fsp3) is 0. The average molecular weight is 286 g/mol. The predicted octanol–water partition coefficient (Wildman–Crippen LogP) is 2.54. The highest BCUT2D eigenvalue weighted by Crippen LogP contribution is 2.20. The Labute approximate surface area is 99.7 Å². The third kappa shape index (κ3) is 2.24. The fourth-order valence-corrected chi connectivity index (χ4v) is 1.31. The van der Waals surface area contributed by atoms with Crippen LogP contribution in [-0.4, -0.2) is 15.0 Å². The number of pyridine rings is 1. The second-order valence-corrected chi connectivity index (χ2v) is 4.08. The number of hydrogen-bond acceptors (Lipinski definition) is 4. The monoisotopic (exact) mass is 284 g/mol. The van der Waals surface area contributed by atoms with Gasteiger partial charge >= 0.3 is 0 Å². The molecule has 0 radical (unpaired) electrons. The number of hydrogen-bond donors (Lipinski definition) is 1. The molecule has 0 saturated heterocycles. The summed E-state index contributed by atoms with van der Waals surface area (Å²) < 4.78 is 0.667. The van der Waals surface area contributed by atoms with Crippen molar-refractivity contribution in [3.8, 4) is 11.5 Å². The summed E-state index contributed by atoms with van der Waals surface area (Å²) in [5, 5.41) is 0.573. The summed E-state index contributed by atoms with van der Waals surface area (Å²) in [6.07, 6.45) is 3.13. The van der Waals surface area contributed by atoms with E-state index in [1.54, 1.807) is 24.5 Å². The van der Waals surface area contributed by atoms with Gasteiger partial charge in [-0.15, -0.1) is 0 Å². The number of nitrogens with zero attached hydrogens (tertiary/aromatic N) is 3. The molecule has 0 aromatic carbocycles. The largest absolute Gasteiger partial charge is 0.383 e. The summed E-state index contributed by atoms with van der Waals surface area (Å²) >= 11 is 8.94. The molecule has 76 valence electrons. The van der Waals surface area contributed by atoms with Gasteiger partial charge in [0.1, 0.15) is 11.5 Å². The van der Waals surface area contributed by atoms with Gasteiger partial charge in [-0.05, 0) is 28.1 Å². The van der Waals surface area contributed by atoms with Crippen LogP contribution in [0.1, 0.15) is 0 Å². The second kappa shape index (κ2) is 4.12. The van der Waals surface area contributed by atoms with Gasteiger partial charge in [0.2, 0.25) is 0 Å². The standard InChI is InChI=1S/C9H6BrClN4/c10-6-4-14-9(15-8(6)12)7-2-1-5(11)3-13-7/h1-4H,(H2,12,14,15). The van der Waals surface area contributed by atoms with E-state index in [0.717, 1.165) is 0 Å². The van der Waals surface area contributed by atoms with Gasteiger partial charge in [-0.1, -0.05) is 11.6 Å². The van der Waals surface area contributed by atoms with E-state index >= 15 is 0 Å². The molecule has 6 heteroatoms. The topological polar surface area (TPSA) is 64.7 Å². The minimum Gasteiger partial charge on any atom is -0.383 e. The van der Waals surface area contributed by atoms with Gasteiger partial charge in [-0.25, -0.2) is 9.97 Å². The van der Waals surface area contributed by atoms with Gasteiger partial charge in [0.15, 0.2) is 5.82 Å². The highest BCUT2D eigenvalue weighted by molar-refractivity contribution is 9.10. The molecule has 0 aliphatic carbocycles. The molecule has 0 atom stereocenters. The maximum absolute atomic E-state index is 5.72. The Bertz CT molecular complexity index is 486. The van der Waals surface area contributed by atoms with E-state index in [0.29, 0.717) is 26.8 Å². The molecule has 0 unspecified atom stereocenters. The van der Waals surface area contributed by atoms with Gasteiger partial charge in [-0.3, -0.25) is 4.98 Å². The van der Waals surface area contributed by atoms with Crippen LogP contribution in [0, 0.1) is 0 Å². The number of rotatable bonds is 1. The van der Waals surface area contributed by atoms with Gasteiger partial charge < -0.3 is 5.73 Å². The summed E-state index contributed by atoms with van der Waals surface area (Å²) in [7, 11) is 0. The van der Waals surface area contributed by atoms with Crippen molar-refractivity contribution in [2.45, 2.75) is 0 Å². The lowest BCUT2D eigenvalue weighted by atomic mass is 10.3. The maximum atomic E-state index is 5.72. The first-order valence-corrected chi connectivity index (χ1v) is 5.24. The molecular weight excluding hydrogens is 279 g/mol. The third-order valence-electron chi connectivity index (χ3n) is 1.73. The highest BCUT2D eigenvalue weighted by atomic mass is 79.9. The van der Waals surface area contributed by atoms with Crippen molar-refractivity contribution in [2.24, 2.45) is 0 Å². The molecule has 0 fully saturated rings. The number of halogens is 2. The molecule has 0 amide bonds. The van der Waals surface area contributed by atoms with Crippen molar-refractivity contribution < 1.29 is 0 Å². The van der Waals surface area contributed by atoms with Crippen molar-refractivity contribution in [2.75, 3.05) is 5.73 Å². The first kappa shape index (κ1) is 10.3. The number of anilines is 1. The summed E-state index contributed by atoms with van der Waals surface area (Å²) in [5.74, 6) is 0.865. The van der Waals surface area contributed by atoms with Crippen LogP contribution in [0.4, 0.5) is 5.82 Å². The molecule has 0 bridgehead atoms. The zero-order chi connectivity index (χ0) is 10.8. The Morgan fingerprint density at radius 2 is 2.00 bits per heavy atom. The van der Waals surface area contributed by atoms with Crippen molar-refractivity contribution in [1.29, 1.82) is 0 Å². The first-order chi connectivity index (χ1) is 7.16. The van der Waals surface area contributed by atoms with Gasteiger partial charge in [0.05, 0.1) is 9.50 Å². The van der Waals surface area contributed by atoms with Gasteiger partial charge in [-0.2, -0.15) is 0 Å². The third-order valence-corrected chi connectivity index (χ3v) is 2.56. The van der Waals surface area contributed by atoms with E-state index in [2.05, 4.69) is 30.9 Å². The Morgan fingerprint density at radius 3 is 2.60 bits per heavy atom. The van der Waals surface area contributed by atoms with Crippen LogP contribution in [-0.2, 0) is 0 Å². The Kier molecular flexibility index (Phi) is 2.83. The molecule has 2 heterocycles. The molecule has 2 aromatic rings. The molecule has 15 heavy (non-hydrogen) atoms. The lowest BCUT2D eigenvalue weighted by Gasteiger charge is -2.01. The number of aromatic nitrogens is 3. The van der Waals surface area contributed by atoms with Crippen LogP contribution in [0.25, 0.3) is 11.5 Å². The van der Waals surface area contributed by atoms with Gasteiger partial charge in [0, 0.05) is 12.4 Å². The van der Waals surface area contributed by atoms with E-state index in [-0.39, 0.29) is 0 Å². The van der Waals surface area contributed by atoms with Crippen molar-refractivity contribution >= 4 is 33.3 Å². The minimum atomic E-state index is 0.386. The highest BCUT2D eigenvalue weighted by Gasteiger charge is 2.05. The molecular formula is C9H6BrClN4. The van der Waals surface area contributed by atoms with Gasteiger partial charge in [0.25, 0.3) is 0 Å². The number of nitrogens with two attached hydrogens (primary N) is 1. The zero-order valence-electron chi connectivity index (χ0n) is 7.48. The van der Waals surface area contributed by atoms with Crippen LogP contribution in [0.3, 0.4) is 0 Å². The maximum Gasteiger partial charge on any atom is 0.180 e. The molecule has 2 aromatic heterocycles. The van der Waals surface area contributed by atoms with E-state index < -0.39 is 0 Å². The van der Waals surface area contributed by atoms with Crippen LogP contribution >= 0.6 is 27.5 Å². The molecule has 0 spiro atoms. The smallest absolute Gasteiger partial charge is 0.180 e. The summed E-state index contributed by atoms with van der Waals surface area (Å²) in [6, 6.07) is 3.47. The molecule has 2 rings (SSSR count). The second-order valence-electron chi connectivity index (χ2n) is 2.79. The molecule has 0 aliphatic rings. The van der Waals surface area contributed by atoms with Crippen LogP contribution in [0.5, 0.6) is 0 Å². The quantitative estimate of drug-likeness (QED) is 0.874. The number of nitrogen functional groups attached to an aromatic ring is 1. The first-order valence-electron chi connectivity index (χ1n) is 4.07. The van der Waals surface area contributed by atoms with Crippen molar-refractivity contribution in [3.05, 3.63) is 34.0 Å². The van der Waals surface area contributed by atoms with Crippen LogP contribution in [0.2, 0.25) is 5.02 Å². The summed E-state index contributed by atoms with van der Waals surface area (Å²) in [4.78, 5) is 12.3. The Hall–Kier alpha value is -1.20. The Balaban J connectivity index is 2.45. The normalized spacial score (nSPS) is 10.3. The zero-order valence-corrected chi connectivity index (χ0v) is 9.83. The summed E-state index contributed by atoms with van der Waals surface area (Å²) in [5.41, 5.74) is 6.27. The lowest BCUT2D eigenvalue weighted by molar-refractivity contribution is 1.14. The summed E-state index contributed by atoms with van der Waals surface area (Å²) in [6.45, 7) is 0. The van der Waals surface area contributed by atoms with Crippen molar-refractivity contribution in [1.82, 2.24) is 15.0 Å². The average Bonchev–Trinajstić information content (AvgIpc) is 2.23. The predicted molar refractivity (Wildman–Crippen MR) is 62.4 cm³/mol.